The Morgan fingerprint density at radius 1 is 0.591 bits per heavy atom. The predicted molar refractivity (Wildman–Crippen MR) is 69.3 cm³/mol. The van der Waals surface area contributed by atoms with Crippen LogP contribution in [0.2, 0.25) is 0 Å². The molecule has 3 saturated carbocycles. The molecule has 22 heavy (non-hydrogen) atoms. The van der Waals surface area contributed by atoms with E-state index in [1.54, 1.807) is 0 Å². The second kappa shape index (κ2) is 4.58. The van der Waals surface area contributed by atoms with Crippen LogP contribution in [0.4, 0.5) is 8.78 Å². The van der Waals surface area contributed by atoms with Crippen molar-refractivity contribution in [2.24, 2.45) is 0 Å². The molecule has 3 aliphatic carbocycles. The minimum Gasteiger partial charge on any atom is -0.390 e. The zero-order valence-corrected chi connectivity index (χ0v) is 12.0. The van der Waals surface area contributed by atoms with Crippen LogP contribution >= 0.6 is 0 Å². The zero-order valence-electron chi connectivity index (χ0n) is 12.0. The van der Waals surface area contributed by atoms with E-state index in [-0.39, 0.29) is 0 Å². The van der Waals surface area contributed by atoms with Crippen LogP contribution in [-0.2, 0) is 0 Å². The van der Waals surface area contributed by atoms with E-state index in [1.807, 2.05) is 0 Å². The Morgan fingerprint density at radius 3 is 1.27 bits per heavy atom. The Balaban J connectivity index is 1.99. The molecule has 0 spiro atoms. The van der Waals surface area contributed by atoms with Crippen molar-refractivity contribution >= 4 is 0 Å². The van der Waals surface area contributed by atoms with E-state index in [0.717, 1.165) is 0 Å². The summed E-state index contributed by atoms with van der Waals surface area (Å²) in [6, 6.07) is 0. The highest BCUT2D eigenvalue weighted by atomic mass is 19.2. The molecular weight excluding hydrogens is 302 g/mol. The van der Waals surface area contributed by atoms with E-state index in [2.05, 4.69) is 0 Å². The first kappa shape index (κ1) is 16.5. The van der Waals surface area contributed by atoms with Crippen LogP contribution in [0.5, 0.6) is 0 Å². The maximum Gasteiger partial charge on any atom is 0.145 e. The molecule has 6 N–H and O–H groups in total. The van der Waals surface area contributed by atoms with Crippen molar-refractivity contribution in [2.75, 3.05) is 0 Å². The van der Waals surface area contributed by atoms with E-state index in [4.69, 9.17) is 0 Å². The van der Waals surface area contributed by atoms with Gasteiger partial charge in [-0.15, -0.1) is 0 Å². The summed E-state index contributed by atoms with van der Waals surface area (Å²) in [4.78, 5) is 0. The smallest absolute Gasteiger partial charge is 0.145 e. The van der Waals surface area contributed by atoms with E-state index in [1.165, 1.54) is 0 Å². The third-order valence-corrected chi connectivity index (χ3v) is 5.86. The van der Waals surface area contributed by atoms with Crippen molar-refractivity contribution in [3.63, 3.8) is 0 Å². The van der Waals surface area contributed by atoms with Crippen LogP contribution in [-0.4, -0.2) is 77.6 Å². The molecule has 0 aliphatic heterocycles. The fourth-order valence-electron chi connectivity index (χ4n) is 4.51. The lowest BCUT2D eigenvalue weighted by Gasteiger charge is -2.62. The standard InChI is InChI=1S/C14H22F2O6/c15-11-1-7(17)9(19)3-13(11,21)6-14(22)4-10(20)8(18)2-12(14,16)5-11/h7-10,17-22H,1-6H2/t7-,8+,9-,10+,11-,12+,13-,14+. The van der Waals surface area contributed by atoms with Gasteiger partial charge in [0.05, 0.1) is 24.4 Å². The molecule has 0 unspecified atom stereocenters. The van der Waals surface area contributed by atoms with Gasteiger partial charge in [0.2, 0.25) is 0 Å². The van der Waals surface area contributed by atoms with Crippen molar-refractivity contribution in [1.82, 2.24) is 0 Å². The molecule has 0 amide bonds. The van der Waals surface area contributed by atoms with Gasteiger partial charge in [0, 0.05) is 38.5 Å². The van der Waals surface area contributed by atoms with Gasteiger partial charge in [-0.1, -0.05) is 0 Å². The molecule has 0 aromatic heterocycles. The average molecular weight is 324 g/mol. The molecule has 3 fully saturated rings. The summed E-state index contributed by atoms with van der Waals surface area (Å²) in [5, 5.41) is 59.9. The van der Waals surface area contributed by atoms with Crippen LogP contribution in [0.3, 0.4) is 0 Å². The van der Waals surface area contributed by atoms with Crippen molar-refractivity contribution in [1.29, 1.82) is 0 Å². The molecule has 0 saturated heterocycles. The number of rotatable bonds is 0. The van der Waals surface area contributed by atoms with Crippen LogP contribution in [0, 0.1) is 0 Å². The molecule has 128 valence electrons. The molecular formula is C14H22F2O6. The van der Waals surface area contributed by atoms with E-state index >= 15 is 8.78 Å². The van der Waals surface area contributed by atoms with Gasteiger partial charge < -0.3 is 30.6 Å². The summed E-state index contributed by atoms with van der Waals surface area (Å²) in [7, 11) is 0. The van der Waals surface area contributed by atoms with Gasteiger partial charge >= 0.3 is 0 Å². The minimum atomic E-state index is -2.52. The summed E-state index contributed by atoms with van der Waals surface area (Å²) in [5.41, 5.74) is -9.43. The molecule has 3 aliphatic rings. The maximum absolute atomic E-state index is 15.2. The van der Waals surface area contributed by atoms with Crippen LogP contribution in [0.1, 0.15) is 38.5 Å². The SMILES string of the molecule is O[C@@H]1C[C@@]2(O)C[C@@]3(O)C[C@H](O)[C@@H](O)C[C@]3(F)C[C@]2(F)C[C@H]1O. The third-order valence-electron chi connectivity index (χ3n) is 5.86. The summed E-state index contributed by atoms with van der Waals surface area (Å²) in [6.45, 7) is 0. The molecule has 0 aromatic rings. The fraction of sp³-hybridized carbons (Fsp3) is 1.00. The van der Waals surface area contributed by atoms with Gasteiger partial charge in [-0.25, -0.2) is 8.78 Å². The van der Waals surface area contributed by atoms with Crippen molar-refractivity contribution < 1.29 is 39.4 Å². The van der Waals surface area contributed by atoms with Crippen molar-refractivity contribution in [3.8, 4) is 0 Å². The second-order valence-corrected chi connectivity index (χ2v) is 7.43. The molecule has 6 nitrogen and oxygen atoms in total. The number of halogens is 2. The summed E-state index contributed by atoms with van der Waals surface area (Å²) < 4.78 is 30.4. The lowest BCUT2D eigenvalue weighted by molar-refractivity contribution is -0.301. The first-order chi connectivity index (χ1) is 9.94. The van der Waals surface area contributed by atoms with Gasteiger partial charge in [-0.3, -0.25) is 0 Å². The fourth-order valence-corrected chi connectivity index (χ4v) is 4.51. The average Bonchev–Trinajstić information content (AvgIpc) is 2.33. The van der Waals surface area contributed by atoms with Gasteiger partial charge in [0.15, 0.2) is 0 Å². The summed E-state index contributed by atoms with van der Waals surface area (Å²) >= 11 is 0. The summed E-state index contributed by atoms with van der Waals surface area (Å²) in [6.07, 6.45) is -9.56. The normalized spacial score (nSPS) is 62.2. The first-order valence-electron chi connectivity index (χ1n) is 7.49. The Kier molecular flexibility index (Phi) is 3.43. The van der Waals surface area contributed by atoms with Crippen LogP contribution < -0.4 is 0 Å². The van der Waals surface area contributed by atoms with Crippen molar-refractivity contribution in [3.05, 3.63) is 0 Å². The van der Waals surface area contributed by atoms with Crippen LogP contribution in [0.15, 0.2) is 0 Å². The number of hydrogen-bond donors (Lipinski definition) is 6. The quantitative estimate of drug-likeness (QED) is 0.329. The predicted octanol–water partition coefficient (Wildman–Crippen LogP) is -1.31. The molecule has 0 radical (unpaired) electrons. The maximum atomic E-state index is 15.2. The number of aliphatic hydroxyl groups is 6. The Hall–Kier alpha value is -0.380. The Labute approximate surface area is 126 Å². The number of hydrogen-bond acceptors (Lipinski definition) is 6. The molecule has 0 aromatic carbocycles. The van der Waals surface area contributed by atoms with E-state index in [0.29, 0.717) is 0 Å². The van der Waals surface area contributed by atoms with Crippen LogP contribution in [0.25, 0.3) is 0 Å². The topological polar surface area (TPSA) is 121 Å². The third kappa shape index (κ3) is 2.05. The van der Waals surface area contributed by atoms with E-state index in [9.17, 15) is 30.6 Å². The van der Waals surface area contributed by atoms with Gasteiger partial charge in [-0.2, -0.15) is 0 Å². The second-order valence-electron chi connectivity index (χ2n) is 7.43. The molecule has 3 rings (SSSR count). The lowest BCUT2D eigenvalue weighted by Crippen LogP contribution is -2.75. The highest BCUT2D eigenvalue weighted by molar-refractivity contribution is 5.23. The van der Waals surface area contributed by atoms with E-state index < -0.39 is 85.5 Å². The molecule has 8 heteroatoms. The number of alkyl halides is 2. The highest BCUT2D eigenvalue weighted by Crippen LogP contribution is 2.60. The summed E-state index contributed by atoms with van der Waals surface area (Å²) in [5.74, 6) is 0. The number of fused-ring (bicyclic) bond motifs is 2. The van der Waals surface area contributed by atoms with Gasteiger partial charge in [0.1, 0.15) is 22.5 Å². The van der Waals surface area contributed by atoms with Gasteiger partial charge in [-0.05, 0) is 0 Å². The molecule has 8 atom stereocenters. The van der Waals surface area contributed by atoms with Crippen molar-refractivity contribution in [2.45, 2.75) is 85.5 Å². The minimum absolute atomic E-state index is 0.526. The Morgan fingerprint density at radius 2 is 0.909 bits per heavy atom. The van der Waals surface area contributed by atoms with Gasteiger partial charge in [0.25, 0.3) is 0 Å². The first-order valence-corrected chi connectivity index (χ1v) is 7.49. The molecule has 0 heterocycles. The largest absolute Gasteiger partial charge is 0.390 e. The lowest BCUT2D eigenvalue weighted by atomic mass is 9.51. The Bertz CT molecular complexity index is 398. The molecule has 0 bridgehead atoms. The monoisotopic (exact) mass is 324 g/mol. The number of aliphatic hydroxyl groups excluding tert-OH is 4. The highest BCUT2D eigenvalue weighted by Gasteiger charge is 2.73. The zero-order chi connectivity index (χ0) is 16.6.